The van der Waals surface area contributed by atoms with Crippen LogP contribution >= 0.6 is 15.9 Å². The van der Waals surface area contributed by atoms with Crippen LogP contribution in [-0.4, -0.2) is 47.7 Å². The number of ether oxygens (including phenoxy) is 2. The topological polar surface area (TPSA) is 38.8 Å². The van der Waals surface area contributed by atoms with E-state index in [0.29, 0.717) is 13.2 Å². The zero-order chi connectivity index (χ0) is 12.2. The average Bonchev–Trinajstić information content (AvgIpc) is 2.60. The predicted octanol–water partition coefficient (Wildman–Crippen LogP) is 2.41. The van der Waals surface area contributed by atoms with Crippen molar-refractivity contribution in [2.75, 3.05) is 25.0 Å². The average molecular weight is 294 g/mol. The van der Waals surface area contributed by atoms with Crippen molar-refractivity contribution in [2.24, 2.45) is 0 Å². The molecule has 0 bridgehead atoms. The lowest BCUT2D eigenvalue weighted by Gasteiger charge is -2.24. The van der Waals surface area contributed by atoms with Gasteiger partial charge in [-0.2, -0.15) is 0 Å². The molecule has 1 heterocycles. The molecule has 5 heteroatoms. The summed E-state index contributed by atoms with van der Waals surface area (Å²) in [7, 11) is 0. The molecule has 1 aliphatic heterocycles. The summed E-state index contributed by atoms with van der Waals surface area (Å²) in [6.07, 6.45) is 0.814. The molecule has 0 aromatic carbocycles. The fourth-order valence-electron chi connectivity index (χ4n) is 1.57. The Bertz CT molecular complexity index is 240. The maximum atomic E-state index is 11.7. The number of alkyl halides is 1. The second-order valence-corrected chi connectivity index (χ2v) is 5.69. The summed E-state index contributed by atoms with van der Waals surface area (Å²) >= 11 is 3.31. The van der Waals surface area contributed by atoms with Crippen molar-refractivity contribution in [3.8, 4) is 0 Å². The zero-order valence-electron chi connectivity index (χ0n) is 10.2. The minimum Gasteiger partial charge on any atom is -0.444 e. The van der Waals surface area contributed by atoms with Crippen molar-refractivity contribution < 1.29 is 14.3 Å². The quantitative estimate of drug-likeness (QED) is 0.750. The van der Waals surface area contributed by atoms with Crippen LogP contribution in [0.2, 0.25) is 0 Å². The van der Waals surface area contributed by atoms with Crippen molar-refractivity contribution in [3.63, 3.8) is 0 Å². The number of hydrogen-bond acceptors (Lipinski definition) is 3. The normalized spacial score (nSPS) is 21.2. The third-order valence-electron chi connectivity index (χ3n) is 2.23. The van der Waals surface area contributed by atoms with Gasteiger partial charge in [-0.1, -0.05) is 15.9 Å². The van der Waals surface area contributed by atoms with E-state index < -0.39 is 5.60 Å². The van der Waals surface area contributed by atoms with E-state index in [-0.39, 0.29) is 12.2 Å². The standard InChI is InChI=1S/C11H20BrNO3/c1-11(2,3)16-10(14)13-6-4-9(8-13)15-7-5-12/h9H,4-8H2,1-3H3. The number of carbonyl (C=O) groups is 1. The summed E-state index contributed by atoms with van der Waals surface area (Å²) in [5.74, 6) is 0. The first kappa shape index (κ1) is 13.8. The highest BCUT2D eigenvalue weighted by Gasteiger charge is 2.29. The predicted molar refractivity (Wildman–Crippen MR) is 66.0 cm³/mol. The van der Waals surface area contributed by atoms with Gasteiger partial charge in [-0.25, -0.2) is 4.79 Å². The molecule has 1 rings (SSSR count). The molecule has 1 fully saturated rings. The Kier molecular flexibility index (Phi) is 5.05. The first-order chi connectivity index (χ1) is 7.42. The Morgan fingerprint density at radius 2 is 2.19 bits per heavy atom. The highest BCUT2D eigenvalue weighted by molar-refractivity contribution is 9.09. The third-order valence-corrected chi connectivity index (χ3v) is 2.55. The fraction of sp³-hybridized carbons (Fsp3) is 0.909. The second kappa shape index (κ2) is 5.87. The summed E-state index contributed by atoms with van der Waals surface area (Å²) in [4.78, 5) is 13.4. The lowest BCUT2D eigenvalue weighted by atomic mass is 10.2. The Balaban J connectivity index is 2.32. The zero-order valence-corrected chi connectivity index (χ0v) is 11.7. The van der Waals surface area contributed by atoms with Gasteiger partial charge < -0.3 is 14.4 Å². The molecule has 1 unspecified atom stereocenters. The van der Waals surface area contributed by atoms with Crippen LogP contribution < -0.4 is 0 Å². The highest BCUT2D eigenvalue weighted by Crippen LogP contribution is 2.17. The molecule has 0 aromatic rings. The highest BCUT2D eigenvalue weighted by atomic mass is 79.9. The molecule has 0 aliphatic carbocycles. The SMILES string of the molecule is CC(C)(C)OC(=O)N1CCC(OCCBr)C1. The minimum atomic E-state index is -0.425. The number of hydrogen-bond donors (Lipinski definition) is 0. The molecule has 0 saturated carbocycles. The molecule has 1 saturated heterocycles. The maximum Gasteiger partial charge on any atom is 0.410 e. The summed E-state index contributed by atoms with van der Waals surface area (Å²) in [6, 6.07) is 0. The first-order valence-corrected chi connectivity index (χ1v) is 6.70. The van der Waals surface area contributed by atoms with Crippen LogP contribution in [0.4, 0.5) is 4.79 Å². The summed E-state index contributed by atoms with van der Waals surface area (Å²) in [5, 5.41) is 0.829. The molecular weight excluding hydrogens is 274 g/mol. The molecule has 0 aromatic heterocycles. The van der Waals surface area contributed by atoms with Gasteiger partial charge in [-0.3, -0.25) is 0 Å². The number of carbonyl (C=O) groups excluding carboxylic acids is 1. The van der Waals surface area contributed by atoms with Crippen molar-refractivity contribution in [2.45, 2.75) is 38.9 Å². The number of likely N-dealkylation sites (tertiary alicyclic amines) is 1. The van der Waals surface area contributed by atoms with Gasteiger partial charge in [0.2, 0.25) is 0 Å². The van der Waals surface area contributed by atoms with E-state index >= 15 is 0 Å². The second-order valence-electron chi connectivity index (χ2n) is 4.90. The van der Waals surface area contributed by atoms with Gasteiger partial charge in [0.1, 0.15) is 5.60 Å². The summed E-state index contributed by atoms with van der Waals surface area (Å²) < 4.78 is 10.9. The van der Waals surface area contributed by atoms with E-state index in [1.54, 1.807) is 4.90 Å². The Labute approximate surface area is 105 Å². The van der Waals surface area contributed by atoms with Crippen molar-refractivity contribution in [3.05, 3.63) is 0 Å². The van der Waals surface area contributed by atoms with Gasteiger partial charge in [-0.15, -0.1) is 0 Å². The lowest BCUT2D eigenvalue weighted by molar-refractivity contribution is 0.0226. The third kappa shape index (κ3) is 4.70. The number of nitrogens with zero attached hydrogens (tertiary/aromatic N) is 1. The molecule has 94 valence electrons. The molecular formula is C11H20BrNO3. The molecule has 1 atom stereocenters. The first-order valence-electron chi connectivity index (χ1n) is 5.58. The van der Waals surface area contributed by atoms with Crippen molar-refractivity contribution >= 4 is 22.0 Å². The van der Waals surface area contributed by atoms with Gasteiger partial charge in [0.25, 0.3) is 0 Å². The Morgan fingerprint density at radius 3 is 2.75 bits per heavy atom. The molecule has 1 amide bonds. The van der Waals surface area contributed by atoms with E-state index in [0.717, 1.165) is 18.3 Å². The van der Waals surface area contributed by atoms with Gasteiger partial charge >= 0.3 is 6.09 Å². The molecule has 0 spiro atoms. The Morgan fingerprint density at radius 1 is 1.50 bits per heavy atom. The van der Waals surface area contributed by atoms with Crippen LogP contribution in [0.5, 0.6) is 0 Å². The molecule has 0 N–H and O–H groups in total. The van der Waals surface area contributed by atoms with Crippen molar-refractivity contribution in [1.82, 2.24) is 4.90 Å². The maximum absolute atomic E-state index is 11.7. The van der Waals surface area contributed by atoms with Gasteiger partial charge in [0.05, 0.1) is 19.3 Å². The number of halogens is 1. The Hall–Kier alpha value is -0.290. The molecule has 4 nitrogen and oxygen atoms in total. The van der Waals surface area contributed by atoms with E-state index in [9.17, 15) is 4.79 Å². The van der Waals surface area contributed by atoms with Crippen LogP contribution in [0.15, 0.2) is 0 Å². The monoisotopic (exact) mass is 293 g/mol. The molecule has 1 aliphatic rings. The van der Waals surface area contributed by atoms with Crippen LogP contribution in [0.1, 0.15) is 27.2 Å². The van der Waals surface area contributed by atoms with E-state index in [1.807, 2.05) is 20.8 Å². The smallest absolute Gasteiger partial charge is 0.410 e. The minimum absolute atomic E-state index is 0.157. The summed E-state index contributed by atoms with van der Waals surface area (Å²) in [6.45, 7) is 7.68. The van der Waals surface area contributed by atoms with Crippen LogP contribution in [-0.2, 0) is 9.47 Å². The summed E-state index contributed by atoms with van der Waals surface area (Å²) in [5.41, 5.74) is -0.425. The van der Waals surface area contributed by atoms with E-state index in [4.69, 9.17) is 9.47 Å². The number of rotatable bonds is 3. The largest absolute Gasteiger partial charge is 0.444 e. The van der Waals surface area contributed by atoms with Crippen LogP contribution in [0.25, 0.3) is 0 Å². The molecule has 0 radical (unpaired) electrons. The fourth-order valence-corrected chi connectivity index (χ4v) is 1.75. The molecule has 16 heavy (non-hydrogen) atoms. The van der Waals surface area contributed by atoms with Gasteiger partial charge in [-0.05, 0) is 27.2 Å². The van der Waals surface area contributed by atoms with Gasteiger partial charge in [0.15, 0.2) is 0 Å². The van der Waals surface area contributed by atoms with Gasteiger partial charge in [0, 0.05) is 11.9 Å². The lowest BCUT2D eigenvalue weighted by Crippen LogP contribution is -2.36. The van der Waals surface area contributed by atoms with Crippen LogP contribution in [0.3, 0.4) is 0 Å². The van der Waals surface area contributed by atoms with E-state index in [2.05, 4.69) is 15.9 Å². The van der Waals surface area contributed by atoms with Crippen LogP contribution in [0, 0.1) is 0 Å². The van der Waals surface area contributed by atoms with Crippen molar-refractivity contribution in [1.29, 1.82) is 0 Å². The van der Waals surface area contributed by atoms with E-state index in [1.165, 1.54) is 0 Å². The number of amides is 1.